The first-order valence-electron chi connectivity index (χ1n) is 6.76. The van der Waals surface area contributed by atoms with Crippen LogP contribution in [0.3, 0.4) is 0 Å². The van der Waals surface area contributed by atoms with E-state index in [4.69, 9.17) is 4.74 Å². The molecule has 2 fully saturated rings. The largest absolute Gasteiger partial charge is 0.480 e. The van der Waals surface area contributed by atoms with Crippen LogP contribution in [0.5, 0.6) is 0 Å². The number of carboxylic acid groups (broad SMARTS) is 1. The van der Waals surface area contributed by atoms with Crippen LogP contribution in [0.2, 0.25) is 0 Å². The van der Waals surface area contributed by atoms with E-state index in [0.717, 1.165) is 25.7 Å². The van der Waals surface area contributed by atoms with Gasteiger partial charge in [0, 0.05) is 13.2 Å². The third kappa shape index (κ3) is 3.27. The summed E-state index contributed by atoms with van der Waals surface area (Å²) in [6, 6.07) is -0.930. The zero-order chi connectivity index (χ0) is 14.0. The van der Waals surface area contributed by atoms with E-state index in [9.17, 15) is 18.3 Å². The van der Waals surface area contributed by atoms with Crippen molar-refractivity contribution in [3.05, 3.63) is 0 Å². The lowest BCUT2D eigenvalue weighted by Crippen LogP contribution is -2.53. The van der Waals surface area contributed by atoms with Gasteiger partial charge in [-0.3, -0.25) is 4.79 Å². The Balaban J connectivity index is 2.14. The summed E-state index contributed by atoms with van der Waals surface area (Å²) < 4.78 is 31.3. The van der Waals surface area contributed by atoms with Crippen LogP contribution in [-0.2, 0) is 19.6 Å². The monoisotopic (exact) mass is 291 g/mol. The summed E-state index contributed by atoms with van der Waals surface area (Å²) in [5, 5.41) is 9.27. The molecule has 19 heavy (non-hydrogen) atoms. The Bertz CT molecular complexity index is 429. The molecule has 0 spiro atoms. The molecule has 1 N–H and O–H groups in total. The average molecular weight is 291 g/mol. The molecular formula is C12H21NO5S. The second-order valence-corrected chi connectivity index (χ2v) is 7.39. The van der Waals surface area contributed by atoms with E-state index < -0.39 is 22.0 Å². The highest BCUT2D eigenvalue weighted by Crippen LogP contribution is 2.27. The van der Waals surface area contributed by atoms with Crippen molar-refractivity contribution >= 4 is 16.0 Å². The molecule has 0 bridgehead atoms. The van der Waals surface area contributed by atoms with E-state index in [0.29, 0.717) is 13.2 Å². The Labute approximate surface area is 113 Å². The molecule has 0 amide bonds. The number of rotatable bonds is 4. The van der Waals surface area contributed by atoms with Crippen LogP contribution in [-0.4, -0.2) is 54.8 Å². The quantitative estimate of drug-likeness (QED) is 0.823. The maximum absolute atomic E-state index is 12.4. The van der Waals surface area contributed by atoms with Crippen LogP contribution in [0.25, 0.3) is 0 Å². The Kier molecular flexibility index (Phi) is 4.47. The van der Waals surface area contributed by atoms with E-state index in [1.807, 2.05) is 0 Å². The molecule has 0 aromatic carbocycles. The Morgan fingerprint density at radius 3 is 2.68 bits per heavy atom. The predicted molar refractivity (Wildman–Crippen MR) is 69.3 cm³/mol. The lowest BCUT2D eigenvalue weighted by atomic mass is 9.93. The fraction of sp³-hybridized carbons (Fsp3) is 0.917. The number of hydrogen-bond donors (Lipinski definition) is 1. The first-order valence-corrected chi connectivity index (χ1v) is 8.36. The van der Waals surface area contributed by atoms with Crippen molar-refractivity contribution in [3.63, 3.8) is 0 Å². The minimum atomic E-state index is -3.57. The second-order valence-electron chi connectivity index (χ2n) is 5.43. The molecule has 0 saturated carbocycles. The summed E-state index contributed by atoms with van der Waals surface area (Å²) in [5.41, 5.74) is 0. The van der Waals surface area contributed by atoms with Gasteiger partial charge in [-0.15, -0.1) is 0 Å². The second kappa shape index (κ2) is 5.76. The highest BCUT2D eigenvalue weighted by molar-refractivity contribution is 7.89. The number of piperidine rings is 1. The van der Waals surface area contributed by atoms with Crippen molar-refractivity contribution < 1.29 is 23.1 Å². The highest BCUT2D eigenvalue weighted by atomic mass is 32.2. The molecule has 0 aromatic heterocycles. The van der Waals surface area contributed by atoms with Crippen molar-refractivity contribution in [2.45, 2.75) is 44.8 Å². The number of sulfonamides is 1. The molecule has 3 atom stereocenters. The Morgan fingerprint density at radius 2 is 2.11 bits per heavy atom. The van der Waals surface area contributed by atoms with Gasteiger partial charge >= 0.3 is 5.97 Å². The van der Waals surface area contributed by atoms with Crippen LogP contribution < -0.4 is 0 Å². The maximum Gasteiger partial charge on any atom is 0.322 e. The van der Waals surface area contributed by atoms with Gasteiger partial charge in [-0.05, 0) is 31.6 Å². The van der Waals surface area contributed by atoms with E-state index in [2.05, 4.69) is 0 Å². The first-order chi connectivity index (χ1) is 8.92. The molecule has 2 heterocycles. The van der Waals surface area contributed by atoms with E-state index in [-0.39, 0.29) is 17.8 Å². The molecule has 7 heteroatoms. The van der Waals surface area contributed by atoms with Crippen molar-refractivity contribution in [3.8, 4) is 0 Å². The van der Waals surface area contributed by atoms with Crippen LogP contribution >= 0.6 is 0 Å². The van der Waals surface area contributed by atoms with Crippen molar-refractivity contribution in [1.82, 2.24) is 4.31 Å². The van der Waals surface area contributed by atoms with Gasteiger partial charge in [-0.2, -0.15) is 4.31 Å². The lowest BCUT2D eigenvalue weighted by Gasteiger charge is -2.36. The van der Waals surface area contributed by atoms with E-state index in [1.165, 1.54) is 4.31 Å². The lowest BCUT2D eigenvalue weighted by molar-refractivity contribution is -0.144. The zero-order valence-corrected chi connectivity index (χ0v) is 11.9. The molecular weight excluding hydrogens is 270 g/mol. The number of carbonyl (C=O) groups is 1. The van der Waals surface area contributed by atoms with Crippen molar-refractivity contribution in [2.75, 3.05) is 18.9 Å². The molecule has 2 aliphatic rings. The standard InChI is InChI=1S/C12H21NO5S/c1-9-4-2-6-13(11(9)12(14)15)19(16,17)8-10-5-3-7-18-10/h9-11H,2-8H2,1H3,(H,14,15). The summed E-state index contributed by atoms with van der Waals surface area (Å²) >= 11 is 0. The van der Waals surface area contributed by atoms with Crippen LogP contribution in [0, 0.1) is 5.92 Å². The van der Waals surface area contributed by atoms with Gasteiger partial charge in [0.25, 0.3) is 0 Å². The fourth-order valence-corrected chi connectivity index (χ4v) is 4.91. The first kappa shape index (κ1) is 14.7. The van der Waals surface area contributed by atoms with Gasteiger partial charge in [0.15, 0.2) is 0 Å². The number of nitrogens with zero attached hydrogens (tertiary/aromatic N) is 1. The van der Waals surface area contributed by atoms with Crippen LogP contribution in [0.15, 0.2) is 0 Å². The minimum Gasteiger partial charge on any atom is -0.480 e. The van der Waals surface area contributed by atoms with E-state index in [1.54, 1.807) is 6.92 Å². The predicted octanol–water partition coefficient (Wildman–Crippen LogP) is 0.680. The summed E-state index contributed by atoms with van der Waals surface area (Å²) in [5.74, 6) is -1.29. The van der Waals surface area contributed by atoms with Crippen LogP contribution in [0.1, 0.15) is 32.6 Å². The molecule has 2 saturated heterocycles. The highest BCUT2D eigenvalue weighted by Gasteiger charge is 2.41. The van der Waals surface area contributed by atoms with Crippen LogP contribution in [0.4, 0.5) is 0 Å². The SMILES string of the molecule is CC1CCCN(S(=O)(=O)CC2CCCO2)C1C(=O)O. The number of hydrogen-bond acceptors (Lipinski definition) is 4. The molecule has 110 valence electrons. The summed E-state index contributed by atoms with van der Waals surface area (Å²) in [4.78, 5) is 11.3. The van der Waals surface area contributed by atoms with Gasteiger partial charge in [0.2, 0.25) is 10.0 Å². The number of ether oxygens (including phenoxy) is 1. The minimum absolute atomic E-state index is 0.0937. The van der Waals surface area contributed by atoms with Gasteiger partial charge in [-0.1, -0.05) is 6.92 Å². The Morgan fingerprint density at radius 1 is 1.37 bits per heavy atom. The smallest absolute Gasteiger partial charge is 0.322 e. The average Bonchev–Trinajstić information content (AvgIpc) is 2.80. The molecule has 2 rings (SSSR count). The normalized spacial score (nSPS) is 33.4. The Hall–Kier alpha value is -0.660. The molecule has 6 nitrogen and oxygen atoms in total. The van der Waals surface area contributed by atoms with Crippen molar-refractivity contribution in [2.24, 2.45) is 5.92 Å². The summed E-state index contributed by atoms with van der Waals surface area (Å²) in [6.45, 7) is 2.70. The molecule has 0 aromatic rings. The topological polar surface area (TPSA) is 83.9 Å². The third-order valence-electron chi connectivity index (χ3n) is 3.92. The molecule has 0 aliphatic carbocycles. The molecule has 3 unspecified atom stereocenters. The molecule has 0 radical (unpaired) electrons. The third-order valence-corrected chi connectivity index (χ3v) is 5.84. The fourth-order valence-electron chi connectivity index (χ4n) is 2.94. The van der Waals surface area contributed by atoms with Gasteiger partial charge in [0.05, 0.1) is 11.9 Å². The summed E-state index contributed by atoms with van der Waals surface area (Å²) in [6.07, 6.45) is 2.80. The molecule has 2 aliphatic heterocycles. The van der Waals surface area contributed by atoms with Gasteiger partial charge < -0.3 is 9.84 Å². The van der Waals surface area contributed by atoms with Gasteiger partial charge in [-0.25, -0.2) is 8.42 Å². The van der Waals surface area contributed by atoms with Crippen molar-refractivity contribution in [1.29, 1.82) is 0 Å². The number of aliphatic carboxylic acids is 1. The number of carboxylic acids is 1. The van der Waals surface area contributed by atoms with Gasteiger partial charge in [0.1, 0.15) is 6.04 Å². The zero-order valence-electron chi connectivity index (χ0n) is 11.1. The summed E-state index contributed by atoms with van der Waals surface area (Å²) in [7, 11) is -3.57. The van der Waals surface area contributed by atoms with E-state index >= 15 is 0 Å². The maximum atomic E-state index is 12.4.